The van der Waals surface area contributed by atoms with Gasteiger partial charge in [-0.05, 0) is 66.8 Å². The number of nitrogens with one attached hydrogen (secondary N) is 1. The molecular formula is C26H25N3O3S. The molecule has 0 bridgehead atoms. The van der Waals surface area contributed by atoms with Gasteiger partial charge in [-0.2, -0.15) is 0 Å². The first-order valence-corrected chi connectivity index (χ1v) is 12.7. The minimum Gasteiger partial charge on any atom is -0.416 e. The zero-order chi connectivity index (χ0) is 22.7. The fourth-order valence-electron chi connectivity index (χ4n) is 4.32. The van der Waals surface area contributed by atoms with E-state index in [-0.39, 0.29) is 4.90 Å². The van der Waals surface area contributed by atoms with E-state index in [0.717, 1.165) is 5.56 Å². The van der Waals surface area contributed by atoms with Crippen molar-refractivity contribution in [3.8, 4) is 22.9 Å². The van der Waals surface area contributed by atoms with E-state index in [0.29, 0.717) is 29.0 Å². The predicted octanol–water partition coefficient (Wildman–Crippen LogP) is 6.25. The molecule has 168 valence electrons. The summed E-state index contributed by atoms with van der Waals surface area (Å²) in [5, 5.41) is 8.22. The van der Waals surface area contributed by atoms with Crippen LogP contribution in [0.5, 0.6) is 0 Å². The lowest BCUT2D eigenvalue weighted by atomic mass is 9.84. The van der Waals surface area contributed by atoms with E-state index in [1.165, 1.54) is 37.7 Å². The first-order valence-electron chi connectivity index (χ1n) is 11.2. The number of hydrogen-bond donors (Lipinski definition) is 1. The highest BCUT2D eigenvalue weighted by Crippen LogP contribution is 2.33. The first-order chi connectivity index (χ1) is 16.1. The fourth-order valence-corrected chi connectivity index (χ4v) is 5.37. The lowest BCUT2D eigenvalue weighted by Gasteiger charge is -2.22. The third kappa shape index (κ3) is 4.83. The van der Waals surface area contributed by atoms with Crippen molar-refractivity contribution in [3.05, 3.63) is 84.4 Å². The van der Waals surface area contributed by atoms with Crippen molar-refractivity contribution in [1.82, 2.24) is 10.2 Å². The van der Waals surface area contributed by atoms with E-state index in [2.05, 4.69) is 14.9 Å². The second kappa shape index (κ2) is 9.19. The van der Waals surface area contributed by atoms with E-state index in [1.807, 2.05) is 42.5 Å². The molecule has 6 nitrogen and oxygen atoms in total. The maximum Gasteiger partial charge on any atom is 0.261 e. The molecule has 33 heavy (non-hydrogen) atoms. The van der Waals surface area contributed by atoms with Gasteiger partial charge in [0.05, 0.1) is 4.90 Å². The summed E-state index contributed by atoms with van der Waals surface area (Å²) >= 11 is 0. The number of nitrogens with zero attached hydrogens (tertiary/aromatic N) is 2. The Morgan fingerprint density at radius 1 is 0.758 bits per heavy atom. The molecule has 1 aliphatic rings. The monoisotopic (exact) mass is 459 g/mol. The molecule has 1 saturated carbocycles. The maximum absolute atomic E-state index is 13.0. The van der Waals surface area contributed by atoms with Gasteiger partial charge in [0.15, 0.2) is 0 Å². The van der Waals surface area contributed by atoms with Gasteiger partial charge >= 0.3 is 0 Å². The van der Waals surface area contributed by atoms with Gasteiger partial charge in [0.1, 0.15) is 0 Å². The molecule has 0 aliphatic heterocycles. The molecule has 4 aromatic rings. The van der Waals surface area contributed by atoms with Gasteiger partial charge in [-0.3, -0.25) is 4.72 Å². The molecule has 1 N–H and O–H groups in total. The smallest absolute Gasteiger partial charge is 0.261 e. The number of anilines is 1. The molecule has 1 heterocycles. The quantitative estimate of drug-likeness (QED) is 0.368. The number of rotatable bonds is 6. The topological polar surface area (TPSA) is 85.1 Å². The lowest BCUT2D eigenvalue weighted by Crippen LogP contribution is -2.13. The van der Waals surface area contributed by atoms with Crippen LogP contribution < -0.4 is 4.72 Å². The summed E-state index contributed by atoms with van der Waals surface area (Å²) < 4.78 is 34.4. The summed E-state index contributed by atoms with van der Waals surface area (Å²) in [5.74, 6) is 1.27. The van der Waals surface area contributed by atoms with Crippen molar-refractivity contribution in [3.63, 3.8) is 0 Å². The summed E-state index contributed by atoms with van der Waals surface area (Å²) in [4.78, 5) is 0.247. The summed E-state index contributed by atoms with van der Waals surface area (Å²) in [6.07, 6.45) is 6.14. The Kier molecular flexibility index (Phi) is 5.96. The largest absolute Gasteiger partial charge is 0.416 e. The van der Waals surface area contributed by atoms with Crippen LogP contribution in [0.1, 0.15) is 43.6 Å². The zero-order valence-electron chi connectivity index (χ0n) is 18.1. The molecule has 7 heteroatoms. The minimum absolute atomic E-state index is 0.247. The Labute approximate surface area is 193 Å². The number of aromatic nitrogens is 2. The van der Waals surface area contributed by atoms with Crippen molar-refractivity contribution in [1.29, 1.82) is 0 Å². The van der Waals surface area contributed by atoms with Crippen LogP contribution in [0.4, 0.5) is 5.69 Å². The molecule has 0 atom stereocenters. The zero-order valence-corrected chi connectivity index (χ0v) is 19.0. The molecule has 1 fully saturated rings. The number of hydrogen-bond acceptors (Lipinski definition) is 5. The summed E-state index contributed by atoms with van der Waals surface area (Å²) in [6.45, 7) is 0. The van der Waals surface area contributed by atoms with Crippen LogP contribution in [0, 0.1) is 0 Å². The van der Waals surface area contributed by atoms with Crippen molar-refractivity contribution >= 4 is 15.7 Å². The Morgan fingerprint density at radius 2 is 1.42 bits per heavy atom. The van der Waals surface area contributed by atoms with Crippen LogP contribution in [0.15, 0.2) is 88.2 Å². The van der Waals surface area contributed by atoms with Crippen LogP contribution >= 0.6 is 0 Å². The molecular weight excluding hydrogens is 434 g/mol. The molecule has 0 saturated heterocycles. The highest BCUT2D eigenvalue weighted by atomic mass is 32.2. The average Bonchev–Trinajstić information content (AvgIpc) is 3.36. The summed E-state index contributed by atoms with van der Waals surface area (Å²) in [5.41, 5.74) is 3.12. The van der Waals surface area contributed by atoms with Gasteiger partial charge in [0.2, 0.25) is 11.8 Å². The standard InChI is InChI=1S/C26H25N3O3S/c30-33(31,24-16-14-20(15-17-24)19-8-3-1-4-9-19)29-23-13-7-12-22(18-23)26-28-27-25(32-26)21-10-5-2-6-11-21/h2,5-7,10-19,29H,1,3-4,8-9H2. The van der Waals surface area contributed by atoms with E-state index in [1.54, 1.807) is 36.4 Å². The van der Waals surface area contributed by atoms with Gasteiger partial charge in [-0.1, -0.05) is 55.7 Å². The Balaban J connectivity index is 1.33. The molecule has 1 aromatic heterocycles. The Bertz CT molecular complexity index is 1330. The van der Waals surface area contributed by atoms with Crippen LogP contribution in [-0.2, 0) is 10.0 Å². The third-order valence-corrected chi connectivity index (χ3v) is 7.47. The second-order valence-corrected chi connectivity index (χ2v) is 10.1. The van der Waals surface area contributed by atoms with Gasteiger partial charge in [0.25, 0.3) is 10.0 Å². The second-order valence-electron chi connectivity index (χ2n) is 8.37. The molecule has 3 aromatic carbocycles. The molecule has 0 spiro atoms. The van der Waals surface area contributed by atoms with E-state index < -0.39 is 10.0 Å². The van der Waals surface area contributed by atoms with Crippen molar-refractivity contribution < 1.29 is 12.8 Å². The van der Waals surface area contributed by atoms with Crippen LogP contribution in [0.3, 0.4) is 0 Å². The third-order valence-electron chi connectivity index (χ3n) is 6.07. The van der Waals surface area contributed by atoms with Crippen LogP contribution in [0.2, 0.25) is 0 Å². The average molecular weight is 460 g/mol. The lowest BCUT2D eigenvalue weighted by molar-refractivity contribution is 0.443. The van der Waals surface area contributed by atoms with Gasteiger partial charge < -0.3 is 4.42 Å². The van der Waals surface area contributed by atoms with Crippen LogP contribution in [-0.4, -0.2) is 18.6 Å². The maximum atomic E-state index is 13.0. The summed E-state index contributed by atoms with van der Waals surface area (Å²) in [7, 11) is -3.71. The van der Waals surface area contributed by atoms with Gasteiger partial charge in [-0.15, -0.1) is 10.2 Å². The van der Waals surface area contributed by atoms with E-state index >= 15 is 0 Å². The van der Waals surface area contributed by atoms with Gasteiger partial charge in [0, 0.05) is 16.8 Å². The molecule has 0 amide bonds. The van der Waals surface area contributed by atoms with E-state index in [9.17, 15) is 8.42 Å². The van der Waals surface area contributed by atoms with Crippen molar-refractivity contribution in [2.24, 2.45) is 0 Å². The first kappa shape index (κ1) is 21.4. The highest BCUT2D eigenvalue weighted by Gasteiger charge is 2.19. The van der Waals surface area contributed by atoms with Gasteiger partial charge in [-0.25, -0.2) is 8.42 Å². The molecule has 1 aliphatic carbocycles. The molecule has 0 radical (unpaired) electrons. The summed E-state index contributed by atoms with van der Waals surface area (Å²) in [6, 6.07) is 23.7. The van der Waals surface area contributed by atoms with E-state index in [4.69, 9.17) is 4.42 Å². The molecule has 5 rings (SSSR count). The highest BCUT2D eigenvalue weighted by molar-refractivity contribution is 7.92. The molecule has 0 unspecified atom stereocenters. The Morgan fingerprint density at radius 3 is 2.15 bits per heavy atom. The minimum atomic E-state index is -3.71. The van der Waals surface area contributed by atoms with Crippen LogP contribution in [0.25, 0.3) is 22.9 Å². The SMILES string of the molecule is O=S(=O)(Nc1cccc(-c2nnc(-c3ccccc3)o2)c1)c1ccc(C2CCCCC2)cc1. The van der Waals surface area contributed by atoms with Crippen molar-refractivity contribution in [2.45, 2.75) is 42.9 Å². The number of benzene rings is 3. The predicted molar refractivity (Wildman–Crippen MR) is 128 cm³/mol. The number of sulfonamides is 1. The fraction of sp³-hybridized carbons (Fsp3) is 0.231. The van der Waals surface area contributed by atoms with Crippen molar-refractivity contribution in [2.75, 3.05) is 4.72 Å². The Hall–Kier alpha value is -3.45. The normalized spacial score (nSPS) is 14.8.